The Kier molecular flexibility index (Phi) is 4.45. The molecule has 0 fully saturated rings. The molecule has 4 rings (SSSR count). The summed E-state index contributed by atoms with van der Waals surface area (Å²) < 4.78 is 7.29. The lowest BCUT2D eigenvalue weighted by atomic mass is 10.2. The number of hydrogen-bond acceptors (Lipinski definition) is 5. The molecule has 2 aromatic carbocycles. The van der Waals surface area contributed by atoms with E-state index in [4.69, 9.17) is 4.74 Å². The van der Waals surface area contributed by atoms with Gasteiger partial charge in [-0.25, -0.2) is 4.98 Å². The number of anilines is 1. The molecule has 0 spiro atoms. The van der Waals surface area contributed by atoms with Crippen molar-refractivity contribution < 1.29 is 9.53 Å². The van der Waals surface area contributed by atoms with Crippen LogP contribution in [0.25, 0.3) is 0 Å². The van der Waals surface area contributed by atoms with Gasteiger partial charge in [-0.05, 0) is 24.3 Å². The summed E-state index contributed by atoms with van der Waals surface area (Å²) in [5.74, 6) is 1.61. The van der Waals surface area contributed by atoms with Gasteiger partial charge in [0.25, 0.3) is 11.5 Å². The molecule has 7 heteroatoms. The molecule has 3 aromatic rings. The lowest BCUT2D eigenvalue weighted by Gasteiger charge is -2.09. The maximum absolute atomic E-state index is 12.5. The van der Waals surface area contributed by atoms with Gasteiger partial charge in [-0.3, -0.25) is 14.2 Å². The van der Waals surface area contributed by atoms with Gasteiger partial charge >= 0.3 is 0 Å². The van der Waals surface area contributed by atoms with Crippen LogP contribution >= 0.6 is 11.8 Å². The van der Waals surface area contributed by atoms with E-state index in [0.717, 1.165) is 5.75 Å². The highest BCUT2D eigenvalue weighted by Crippen LogP contribution is 2.24. The molecule has 1 aliphatic heterocycles. The van der Waals surface area contributed by atoms with Gasteiger partial charge in [-0.15, -0.1) is 0 Å². The predicted molar refractivity (Wildman–Crippen MR) is 100 cm³/mol. The molecule has 130 valence electrons. The number of ether oxygens (including phenoxy) is 1. The van der Waals surface area contributed by atoms with Gasteiger partial charge < -0.3 is 10.1 Å². The van der Waals surface area contributed by atoms with E-state index in [9.17, 15) is 9.59 Å². The second kappa shape index (κ2) is 7.05. The van der Waals surface area contributed by atoms with Crippen LogP contribution in [0.2, 0.25) is 0 Å². The topological polar surface area (TPSA) is 73.2 Å². The van der Waals surface area contributed by atoms with Crippen LogP contribution in [0.5, 0.6) is 11.5 Å². The number of aromatic nitrogens is 2. The molecule has 0 saturated carbocycles. The molecule has 0 atom stereocenters. The Morgan fingerprint density at radius 2 is 1.92 bits per heavy atom. The highest BCUT2D eigenvalue weighted by Gasteiger charge is 2.20. The summed E-state index contributed by atoms with van der Waals surface area (Å²) in [6, 6.07) is 16.4. The Morgan fingerprint density at radius 3 is 2.77 bits per heavy atom. The van der Waals surface area contributed by atoms with Crippen LogP contribution in [0.1, 0.15) is 10.4 Å². The van der Waals surface area contributed by atoms with Crippen LogP contribution in [0, 0.1) is 0 Å². The Hall–Kier alpha value is -3.06. The zero-order chi connectivity index (χ0) is 17.9. The van der Waals surface area contributed by atoms with Crippen LogP contribution < -0.4 is 15.6 Å². The van der Waals surface area contributed by atoms with Gasteiger partial charge in [0.2, 0.25) is 0 Å². The van der Waals surface area contributed by atoms with Gasteiger partial charge in [0.05, 0.1) is 0 Å². The standard InChI is InChI=1S/C19H15N3O3S/c23-17(16-12-20-19-22(18(16)24)9-10-26-19)21-13-5-4-8-15(11-13)25-14-6-2-1-3-7-14/h1-8,11-12H,9-10H2,(H,21,23). The second-order valence-corrected chi connectivity index (χ2v) is 6.72. The molecular formula is C19H15N3O3S. The number of rotatable bonds is 4. The molecule has 1 aliphatic rings. The van der Waals surface area contributed by atoms with E-state index in [-0.39, 0.29) is 11.1 Å². The largest absolute Gasteiger partial charge is 0.457 e. The first kappa shape index (κ1) is 16.4. The molecule has 1 N–H and O–H groups in total. The van der Waals surface area contributed by atoms with Crippen LogP contribution in [0.3, 0.4) is 0 Å². The fourth-order valence-corrected chi connectivity index (χ4v) is 3.55. The molecule has 0 unspecified atom stereocenters. The number of nitrogens with zero attached hydrogens (tertiary/aromatic N) is 2. The monoisotopic (exact) mass is 365 g/mol. The first-order valence-electron chi connectivity index (χ1n) is 8.08. The van der Waals surface area contributed by atoms with E-state index >= 15 is 0 Å². The number of para-hydroxylation sites is 1. The maximum atomic E-state index is 12.5. The fourth-order valence-electron chi connectivity index (χ4n) is 2.63. The summed E-state index contributed by atoms with van der Waals surface area (Å²) in [6.45, 7) is 0.577. The Bertz CT molecular complexity index is 1020. The molecule has 0 bridgehead atoms. The zero-order valence-corrected chi connectivity index (χ0v) is 14.5. The van der Waals surface area contributed by atoms with E-state index in [1.807, 2.05) is 30.3 Å². The van der Waals surface area contributed by atoms with E-state index < -0.39 is 5.91 Å². The minimum atomic E-state index is -0.480. The average Bonchev–Trinajstić information content (AvgIpc) is 3.13. The lowest BCUT2D eigenvalue weighted by molar-refractivity contribution is 0.102. The molecule has 0 radical (unpaired) electrons. The minimum absolute atomic E-state index is 0.0330. The summed E-state index contributed by atoms with van der Waals surface area (Å²) in [5.41, 5.74) is 0.266. The first-order chi connectivity index (χ1) is 12.7. The van der Waals surface area contributed by atoms with Gasteiger partial charge in [-0.1, -0.05) is 36.0 Å². The fraction of sp³-hybridized carbons (Fsp3) is 0.105. The van der Waals surface area contributed by atoms with Crippen LogP contribution in [0.15, 0.2) is 70.7 Å². The van der Waals surface area contributed by atoms with Crippen molar-refractivity contribution in [1.82, 2.24) is 9.55 Å². The smallest absolute Gasteiger partial charge is 0.267 e. The van der Waals surface area contributed by atoms with Crippen molar-refractivity contribution in [3.05, 3.63) is 76.7 Å². The SMILES string of the molecule is O=C(Nc1cccc(Oc2ccccc2)c1)c1cnc2n(c1=O)CCS2. The van der Waals surface area contributed by atoms with Gasteiger partial charge in [0.15, 0.2) is 5.16 Å². The van der Waals surface area contributed by atoms with E-state index in [1.165, 1.54) is 22.5 Å². The number of nitrogens with one attached hydrogen (secondary N) is 1. The summed E-state index contributed by atoms with van der Waals surface area (Å²) in [7, 11) is 0. The molecule has 0 aliphatic carbocycles. The summed E-state index contributed by atoms with van der Waals surface area (Å²) in [5, 5.41) is 3.39. The third-order valence-corrected chi connectivity index (χ3v) is 4.84. The number of fused-ring (bicyclic) bond motifs is 1. The molecule has 1 aromatic heterocycles. The minimum Gasteiger partial charge on any atom is -0.457 e. The molecule has 6 nitrogen and oxygen atoms in total. The molecule has 26 heavy (non-hydrogen) atoms. The molecule has 2 heterocycles. The summed E-state index contributed by atoms with van der Waals surface area (Å²) >= 11 is 1.51. The van der Waals surface area contributed by atoms with Crippen molar-refractivity contribution >= 4 is 23.4 Å². The quantitative estimate of drug-likeness (QED) is 0.718. The Labute approximate surface area is 153 Å². The van der Waals surface area contributed by atoms with Crippen molar-refractivity contribution in [3.8, 4) is 11.5 Å². The predicted octanol–water partition coefficient (Wildman–Crippen LogP) is 3.39. The number of benzene rings is 2. The van der Waals surface area contributed by atoms with E-state index in [2.05, 4.69) is 10.3 Å². The normalized spacial score (nSPS) is 12.5. The van der Waals surface area contributed by atoms with Crippen molar-refractivity contribution in [1.29, 1.82) is 0 Å². The highest BCUT2D eigenvalue weighted by molar-refractivity contribution is 7.99. The molecular weight excluding hydrogens is 350 g/mol. The molecule has 1 amide bonds. The van der Waals surface area contributed by atoms with Gasteiger partial charge in [0.1, 0.15) is 17.1 Å². The van der Waals surface area contributed by atoms with Crippen LogP contribution in [0.4, 0.5) is 5.69 Å². The average molecular weight is 365 g/mol. The number of carbonyl (C=O) groups excluding carboxylic acids is 1. The maximum Gasteiger partial charge on any atom is 0.267 e. The summed E-state index contributed by atoms with van der Waals surface area (Å²) in [6.07, 6.45) is 1.34. The lowest BCUT2D eigenvalue weighted by Crippen LogP contribution is -2.29. The highest BCUT2D eigenvalue weighted by atomic mass is 32.2. The van der Waals surface area contributed by atoms with Crippen LogP contribution in [-0.4, -0.2) is 21.2 Å². The Balaban J connectivity index is 1.53. The number of amides is 1. The van der Waals surface area contributed by atoms with Crippen molar-refractivity contribution in [2.45, 2.75) is 11.7 Å². The van der Waals surface area contributed by atoms with Crippen molar-refractivity contribution in [3.63, 3.8) is 0 Å². The number of hydrogen-bond donors (Lipinski definition) is 1. The van der Waals surface area contributed by atoms with Crippen LogP contribution in [-0.2, 0) is 6.54 Å². The second-order valence-electron chi connectivity index (χ2n) is 5.66. The van der Waals surface area contributed by atoms with E-state index in [0.29, 0.717) is 28.9 Å². The summed E-state index contributed by atoms with van der Waals surface area (Å²) in [4.78, 5) is 29.1. The first-order valence-corrected chi connectivity index (χ1v) is 9.06. The van der Waals surface area contributed by atoms with Crippen molar-refractivity contribution in [2.24, 2.45) is 0 Å². The number of thioether (sulfide) groups is 1. The van der Waals surface area contributed by atoms with E-state index in [1.54, 1.807) is 24.3 Å². The number of carbonyl (C=O) groups is 1. The van der Waals surface area contributed by atoms with Gasteiger partial charge in [-0.2, -0.15) is 0 Å². The third-order valence-electron chi connectivity index (χ3n) is 3.87. The Morgan fingerprint density at radius 1 is 1.12 bits per heavy atom. The third kappa shape index (κ3) is 3.34. The van der Waals surface area contributed by atoms with Crippen molar-refractivity contribution in [2.75, 3.05) is 11.1 Å². The zero-order valence-electron chi connectivity index (χ0n) is 13.7. The molecule has 0 saturated heterocycles. The van der Waals surface area contributed by atoms with Gasteiger partial charge in [0, 0.05) is 30.2 Å².